The summed E-state index contributed by atoms with van der Waals surface area (Å²) in [5.74, 6) is 2.17. The molecule has 0 amide bonds. The zero-order chi connectivity index (χ0) is 9.14. The van der Waals surface area contributed by atoms with Gasteiger partial charge in [0.05, 0.1) is 6.10 Å². The van der Waals surface area contributed by atoms with Gasteiger partial charge in [-0.3, -0.25) is 0 Å². The average Bonchev–Trinajstić information content (AvgIpc) is 2.16. The van der Waals surface area contributed by atoms with Crippen molar-refractivity contribution >= 4 is 0 Å². The van der Waals surface area contributed by atoms with E-state index in [9.17, 15) is 5.11 Å². The van der Waals surface area contributed by atoms with Crippen molar-refractivity contribution < 1.29 is 5.11 Å². The molecule has 0 saturated heterocycles. The average molecular weight is 170 g/mol. The lowest BCUT2D eigenvalue weighted by molar-refractivity contribution is 0.109. The molecule has 1 saturated carbocycles. The molecule has 1 nitrogen and oxygen atoms in total. The van der Waals surface area contributed by atoms with Crippen LogP contribution >= 0.6 is 0 Å². The van der Waals surface area contributed by atoms with E-state index in [-0.39, 0.29) is 6.10 Å². The SMILES string of the molecule is CC(C)C1CC[C@@H](C)[C@@H](O)CC1. The minimum absolute atomic E-state index is 0.0336. The van der Waals surface area contributed by atoms with E-state index in [4.69, 9.17) is 0 Å². The van der Waals surface area contributed by atoms with Gasteiger partial charge in [0.1, 0.15) is 0 Å². The molecule has 0 heterocycles. The van der Waals surface area contributed by atoms with Crippen LogP contribution in [0.5, 0.6) is 0 Å². The molecule has 0 aromatic carbocycles. The van der Waals surface area contributed by atoms with Crippen LogP contribution in [0.25, 0.3) is 0 Å². The van der Waals surface area contributed by atoms with E-state index in [0.29, 0.717) is 5.92 Å². The van der Waals surface area contributed by atoms with E-state index in [0.717, 1.165) is 18.3 Å². The van der Waals surface area contributed by atoms with Gasteiger partial charge in [-0.2, -0.15) is 0 Å². The van der Waals surface area contributed by atoms with Crippen LogP contribution in [-0.4, -0.2) is 11.2 Å². The molecule has 0 aliphatic heterocycles. The maximum Gasteiger partial charge on any atom is 0.0565 e. The van der Waals surface area contributed by atoms with Crippen molar-refractivity contribution in [3.05, 3.63) is 0 Å². The molecule has 72 valence electrons. The van der Waals surface area contributed by atoms with Gasteiger partial charge < -0.3 is 5.11 Å². The van der Waals surface area contributed by atoms with Crippen LogP contribution in [0.1, 0.15) is 46.5 Å². The Morgan fingerprint density at radius 2 is 1.67 bits per heavy atom. The van der Waals surface area contributed by atoms with Gasteiger partial charge in [0.15, 0.2) is 0 Å². The van der Waals surface area contributed by atoms with E-state index in [2.05, 4.69) is 20.8 Å². The monoisotopic (exact) mass is 170 g/mol. The molecule has 0 aromatic heterocycles. The maximum absolute atomic E-state index is 9.66. The fourth-order valence-corrected chi connectivity index (χ4v) is 2.15. The van der Waals surface area contributed by atoms with Gasteiger partial charge in [0.25, 0.3) is 0 Å². The molecule has 0 radical (unpaired) electrons. The fourth-order valence-electron chi connectivity index (χ4n) is 2.15. The highest BCUT2D eigenvalue weighted by molar-refractivity contribution is 4.75. The van der Waals surface area contributed by atoms with Crippen molar-refractivity contribution in [2.75, 3.05) is 0 Å². The summed E-state index contributed by atoms with van der Waals surface area (Å²) in [5, 5.41) is 9.66. The molecular weight excluding hydrogens is 148 g/mol. The molecule has 1 unspecified atom stereocenters. The van der Waals surface area contributed by atoms with Crippen molar-refractivity contribution in [1.29, 1.82) is 0 Å². The first-order valence-electron chi connectivity index (χ1n) is 5.29. The Hall–Kier alpha value is -0.0400. The molecule has 1 fully saturated rings. The van der Waals surface area contributed by atoms with Gasteiger partial charge in [-0.1, -0.05) is 20.8 Å². The smallest absolute Gasteiger partial charge is 0.0565 e. The molecule has 1 aliphatic carbocycles. The summed E-state index contributed by atoms with van der Waals surface area (Å²) in [6.45, 7) is 6.77. The Kier molecular flexibility index (Phi) is 3.57. The Balaban J connectivity index is 2.44. The molecule has 0 bridgehead atoms. The first-order valence-corrected chi connectivity index (χ1v) is 5.29. The van der Waals surface area contributed by atoms with Crippen LogP contribution in [0.15, 0.2) is 0 Å². The highest BCUT2D eigenvalue weighted by Gasteiger charge is 2.23. The van der Waals surface area contributed by atoms with Crippen molar-refractivity contribution in [1.82, 2.24) is 0 Å². The predicted octanol–water partition coefficient (Wildman–Crippen LogP) is 2.83. The Morgan fingerprint density at radius 3 is 2.25 bits per heavy atom. The first-order chi connectivity index (χ1) is 5.61. The molecule has 1 heteroatoms. The third-order valence-electron chi connectivity index (χ3n) is 3.43. The molecule has 3 atom stereocenters. The van der Waals surface area contributed by atoms with Gasteiger partial charge in [-0.25, -0.2) is 0 Å². The quantitative estimate of drug-likeness (QED) is 0.600. The van der Waals surface area contributed by atoms with Crippen molar-refractivity contribution in [3.8, 4) is 0 Å². The first kappa shape index (κ1) is 10.0. The predicted molar refractivity (Wildman–Crippen MR) is 52.0 cm³/mol. The zero-order valence-corrected chi connectivity index (χ0v) is 8.59. The molecule has 1 aliphatic rings. The van der Waals surface area contributed by atoms with E-state index >= 15 is 0 Å². The Labute approximate surface area is 76.2 Å². The van der Waals surface area contributed by atoms with Crippen LogP contribution in [0.2, 0.25) is 0 Å². The summed E-state index contributed by atoms with van der Waals surface area (Å²) >= 11 is 0. The van der Waals surface area contributed by atoms with Crippen LogP contribution < -0.4 is 0 Å². The summed E-state index contributed by atoms with van der Waals surface area (Å²) < 4.78 is 0. The molecule has 1 rings (SSSR count). The highest BCUT2D eigenvalue weighted by Crippen LogP contribution is 2.31. The largest absolute Gasteiger partial charge is 0.393 e. The minimum Gasteiger partial charge on any atom is -0.393 e. The number of aliphatic hydroxyl groups is 1. The van der Waals surface area contributed by atoms with Crippen LogP contribution in [-0.2, 0) is 0 Å². The van der Waals surface area contributed by atoms with E-state index < -0.39 is 0 Å². The second-order valence-electron chi connectivity index (χ2n) is 4.70. The van der Waals surface area contributed by atoms with Crippen molar-refractivity contribution in [2.24, 2.45) is 17.8 Å². The minimum atomic E-state index is -0.0336. The van der Waals surface area contributed by atoms with E-state index in [1.807, 2.05) is 0 Å². The van der Waals surface area contributed by atoms with E-state index in [1.165, 1.54) is 19.3 Å². The summed E-state index contributed by atoms with van der Waals surface area (Å²) in [4.78, 5) is 0. The lowest BCUT2D eigenvalue weighted by Crippen LogP contribution is -2.14. The topological polar surface area (TPSA) is 20.2 Å². The summed E-state index contributed by atoms with van der Waals surface area (Å²) in [6, 6.07) is 0. The lowest BCUT2D eigenvalue weighted by Gasteiger charge is -2.17. The maximum atomic E-state index is 9.66. The van der Waals surface area contributed by atoms with Gasteiger partial charge in [0, 0.05) is 0 Å². The van der Waals surface area contributed by atoms with Crippen LogP contribution in [0.3, 0.4) is 0 Å². The molecule has 0 spiro atoms. The Morgan fingerprint density at radius 1 is 1.08 bits per heavy atom. The molecule has 0 aromatic rings. The standard InChI is InChI=1S/C11H22O/c1-8(2)10-5-4-9(3)11(12)7-6-10/h8-12H,4-7H2,1-3H3/t9-,10?,11+/m1/s1. The van der Waals surface area contributed by atoms with Crippen molar-refractivity contribution in [3.63, 3.8) is 0 Å². The summed E-state index contributed by atoms with van der Waals surface area (Å²) in [5.41, 5.74) is 0. The second-order valence-corrected chi connectivity index (χ2v) is 4.70. The third kappa shape index (κ3) is 2.48. The second kappa shape index (κ2) is 4.27. The molecule has 1 N–H and O–H groups in total. The normalized spacial score (nSPS) is 38.2. The van der Waals surface area contributed by atoms with Gasteiger partial charge in [-0.05, 0) is 43.4 Å². The highest BCUT2D eigenvalue weighted by atomic mass is 16.3. The lowest BCUT2D eigenvalue weighted by atomic mass is 9.89. The van der Waals surface area contributed by atoms with Gasteiger partial charge in [-0.15, -0.1) is 0 Å². The van der Waals surface area contributed by atoms with Gasteiger partial charge >= 0.3 is 0 Å². The number of hydrogen-bond acceptors (Lipinski definition) is 1. The Bertz CT molecular complexity index is 119. The fraction of sp³-hybridized carbons (Fsp3) is 1.00. The molecular formula is C11H22O. The van der Waals surface area contributed by atoms with Crippen molar-refractivity contribution in [2.45, 2.75) is 52.6 Å². The van der Waals surface area contributed by atoms with Gasteiger partial charge in [0.2, 0.25) is 0 Å². The molecule has 12 heavy (non-hydrogen) atoms. The van der Waals surface area contributed by atoms with E-state index in [1.54, 1.807) is 0 Å². The number of rotatable bonds is 1. The van der Waals surface area contributed by atoms with Crippen LogP contribution in [0, 0.1) is 17.8 Å². The number of hydrogen-bond donors (Lipinski definition) is 1. The third-order valence-corrected chi connectivity index (χ3v) is 3.43. The summed E-state index contributed by atoms with van der Waals surface area (Å²) in [6.07, 6.45) is 4.74. The number of aliphatic hydroxyl groups excluding tert-OH is 1. The zero-order valence-electron chi connectivity index (χ0n) is 8.59. The summed E-state index contributed by atoms with van der Waals surface area (Å²) in [7, 11) is 0. The van der Waals surface area contributed by atoms with Crippen LogP contribution in [0.4, 0.5) is 0 Å².